The molecule has 0 spiro atoms. The lowest BCUT2D eigenvalue weighted by Gasteiger charge is -2.09. The first-order valence-corrected chi connectivity index (χ1v) is 7.57. The summed E-state index contributed by atoms with van der Waals surface area (Å²) in [7, 11) is 0. The summed E-state index contributed by atoms with van der Waals surface area (Å²) in [6, 6.07) is 21.0. The van der Waals surface area contributed by atoms with E-state index in [2.05, 4.69) is 23.1 Å². The minimum absolute atomic E-state index is 0.00795. The van der Waals surface area contributed by atoms with Gasteiger partial charge >= 0.3 is 0 Å². The van der Waals surface area contributed by atoms with Crippen molar-refractivity contribution >= 4 is 11.6 Å². The Balaban J connectivity index is 1.56. The first-order chi connectivity index (χ1) is 10.3. The van der Waals surface area contributed by atoms with Gasteiger partial charge < -0.3 is 0 Å². The van der Waals surface area contributed by atoms with Gasteiger partial charge in [0.1, 0.15) is 0 Å². The number of hydrogen-bond acceptors (Lipinski definition) is 2. The zero-order chi connectivity index (χ0) is 14.7. The predicted molar refractivity (Wildman–Crippen MR) is 85.1 cm³/mol. The van der Waals surface area contributed by atoms with Gasteiger partial charge in [-0.1, -0.05) is 54.1 Å². The van der Waals surface area contributed by atoms with Gasteiger partial charge in [-0.15, -0.1) is 0 Å². The molecule has 21 heavy (non-hydrogen) atoms. The zero-order valence-corrected chi connectivity index (χ0v) is 12.5. The van der Waals surface area contributed by atoms with Gasteiger partial charge in [-0.2, -0.15) is 5.26 Å². The number of hydrogen-bond donors (Lipinski definition) is 0. The van der Waals surface area contributed by atoms with Crippen LogP contribution in [0.15, 0.2) is 54.6 Å². The van der Waals surface area contributed by atoms with Crippen LogP contribution < -0.4 is 0 Å². The highest BCUT2D eigenvalue weighted by atomic mass is 35.5. The van der Waals surface area contributed by atoms with E-state index in [9.17, 15) is 5.26 Å². The molecular formula is C18H17ClN2. The van der Waals surface area contributed by atoms with Crippen molar-refractivity contribution in [2.75, 3.05) is 6.54 Å². The Labute approximate surface area is 130 Å². The minimum Gasteiger partial charge on any atom is -0.293 e. The summed E-state index contributed by atoms with van der Waals surface area (Å²) in [5, 5.41) is 10.2. The second-order valence-corrected chi connectivity index (χ2v) is 5.97. The highest BCUT2D eigenvalue weighted by molar-refractivity contribution is 6.30. The van der Waals surface area contributed by atoms with E-state index in [4.69, 9.17) is 11.6 Å². The summed E-state index contributed by atoms with van der Waals surface area (Å²) >= 11 is 5.90. The maximum Gasteiger partial charge on any atom is 0.0728 e. The number of benzene rings is 2. The Bertz CT molecular complexity index is 631. The fraction of sp³-hybridized carbons (Fsp3) is 0.278. The molecule has 2 aromatic carbocycles. The molecule has 3 heteroatoms. The van der Waals surface area contributed by atoms with Crippen LogP contribution in [0.25, 0.3) is 0 Å². The molecule has 2 nitrogen and oxygen atoms in total. The van der Waals surface area contributed by atoms with Gasteiger partial charge in [-0.05, 0) is 29.7 Å². The van der Waals surface area contributed by atoms with Gasteiger partial charge in [-0.25, -0.2) is 0 Å². The van der Waals surface area contributed by atoms with E-state index in [0.717, 1.165) is 30.1 Å². The fourth-order valence-corrected chi connectivity index (χ4v) is 2.81. The normalized spacial score (nSPS) is 21.5. The summed E-state index contributed by atoms with van der Waals surface area (Å²) in [5.74, 6) is -0.00795. The zero-order valence-electron chi connectivity index (χ0n) is 11.7. The molecule has 1 aliphatic heterocycles. The van der Waals surface area contributed by atoms with Crippen LogP contribution in [0.5, 0.6) is 0 Å². The Morgan fingerprint density at radius 3 is 2.52 bits per heavy atom. The summed E-state index contributed by atoms with van der Waals surface area (Å²) in [6.07, 6.45) is 0.911. The third-order valence-corrected chi connectivity index (χ3v) is 4.24. The molecule has 1 saturated heterocycles. The van der Waals surface area contributed by atoms with Crippen LogP contribution in [0.3, 0.4) is 0 Å². The summed E-state index contributed by atoms with van der Waals surface area (Å²) in [5.41, 5.74) is 2.40. The molecular weight excluding hydrogens is 280 g/mol. The predicted octanol–water partition coefficient (Wildman–Crippen LogP) is 4.22. The molecule has 0 N–H and O–H groups in total. The molecule has 1 heterocycles. The van der Waals surface area contributed by atoms with E-state index in [0.29, 0.717) is 6.04 Å². The molecule has 3 atom stereocenters. The average molecular weight is 297 g/mol. The van der Waals surface area contributed by atoms with Crippen LogP contribution in [-0.4, -0.2) is 17.5 Å². The highest BCUT2D eigenvalue weighted by Gasteiger charge is 2.35. The second kappa shape index (κ2) is 6.30. The number of halogens is 1. The third kappa shape index (κ3) is 3.64. The van der Waals surface area contributed by atoms with Crippen LogP contribution >= 0.6 is 11.6 Å². The molecule has 0 aromatic heterocycles. The molecule has 1 fully saturated rings. The van der Waals surface area contributed by atoms with Gasteiger partial charge in [0.25, 0.3) is 0 Å². The van der Waals surface area contributed by atoms with Crippen LogP contribution in [0.2, 0.25) is 5.02 Å². The van der Waals surface area contributed by atoms with E-state index in [-0.39, 0.29) is 5.92 Å². The highest BCUT2D eigenvalue weighted by Crippen LogP contribution is 2.31. The van der Waals surface area contributed by atoms with Crippen molar-refractivity contribution in [2.24, 2.45) is 0 Å². The lowest BCUT2D eigenvalue weighted by Crippen LogP contribution is -2.06. The molecule has 0 saturated carbocycles. The number of nitrogens with zero attached hydrogens (tertiary/aromatic N) is 2. The summed E-state index contributed by atoms with van der Waals surface area (Å²) in [6.45, 7) is 2.02. The van der Waals surface area contributed by atoms with Crippen LogP contribution in [0.4, 0.5) is 0 Å². The maximum atomic E-state index is 9.38. The molecule has 0 aliphatic carbocycles. The van der Waals surface area contributed by atoms with Gasteiger partial charge in [0.15, 0.2) is 0 Å². The van der Waals surface area contributed by atoms with Crippen molar-refractivity contribution in [3.8, 4) is 6.07 Å². The SMILES string of the molecule is N#CC(CC1CN1Cc1ccc(Cl)cc1)c1ccccc1. The lowest BCUT2D eigenvalue weighted by molar-refractivity contribution is 0.479. The first-order valence-electron chi connectivity index (χ1n) is 7.19. The standard InChI is InChI=1S/C18H17ClN2/c19-17-8-6-14(7-9-17)12-21-13-18(21)10-16(11-20)15-4-2-1-3-5-15/h1-9,16,18H,10,12-13H2. The molecule has 2 aromatic rings. The molecule has 1 aliphatic rings. The van der Waals surface area contributed by atoms with E-state index in [1.54, 1.807) is 0 Å². The van der Waals surface area contributed by atoms with Gasteiger partial charge in [-0.3, -0.25) is 4.90 Å². The Hall–Kier alpha value is -1.82. The topological polar surface area (TPSA) is 26.8 Å². The van der Waals surface area contributed by atoms with Crippen molar-refractivity contribution in [2.45, 2.75) is 24.9 Å². The van der Waals surface area contributed by atoms with Crippen LogP contribution in [-0.2, 0) is 6.54 Å². The fourth-order valence-electron chi connectivity index (χ4n) is 2.69. The molecule has 3 rings (SSSR count). The Morgan fingerprint density at radius 2 is 1.86 bits per heavy atom. The quantitative estimate of drug-likeness (QED) is 0.772. The van der Waals surface area contributed by atoms with Gasteiger partial charge in [0.05, 0.1) is 12.0 Å². The first kappa shape index (κ1) is 14.1. The van der Waals surface area contributed by atoms with Crippen LogP contribution in [0, 0.1) is 11.3 Å². The summed E-state index contributed by atoms with van der Waals surface area (Å²) in [4.78, 5) is 2.40. The van der Waals surface area contributed by atoms with Crippen molar-refractivity contribution in [1.29, 1.82) is 5.26 Å². The Kier molecular flexibility index (Phi) is 4.24. The van der Waals surface area contributed by atoms with E-state index in [1.807, 2.05) is 42.5 Å². The molecule has 0 bridgehead atoms. The van der Waals surface area contributed by atoms with Crippen molar-refractivity contribution < 1.29 is 0 Å². The van der Waals surface area contributed by atoms with Crippen molar-refractivity contribution in [1.82, 2.24) is 4.90 Å². The molecule has 0 radical (unpaired) electrons. The molecule has 3 unspecified atom stereocenters. The minimum atomic E-state index is -0.00795. The van der Waals surface area contributed by atoms with Gasteiger partial charge in [0, 0.05) is 24.2 Å². The summed E-state index contributed by atoms with van der Waals surface area (Å²) < 4.78 is 0. The Morgan fingerprint density at radius 1 is 1.14 bits per heavy atom. The second-order valence-electron chi connectivity index (χ2n) is 5.54. The van der Waals surface area contributed by atoms with E-state index in [1.165, 1.54) is 5.56 Å². The average Bonchev–Trinajstić information content (AvgIpc) is 3.26. The lowest BCUT2D eigenvalue weighted by atomic mass is 9.96. The van der Waals surface area contributed by atoms with E-state index < -0.39 is 0 Å². The van der Waals surface area contributed by atoms with E-state index >= 15 is 0 Å². The van der Waals surface area contributed by atoms with Crippen LogP contribution in [0.1, 0.15) is 23.5 Å². The van der Waals surface area contributed by atoms with Gasteiger partial charge in [0.2, 0.25) is 0 Å². The largest absolute Gasteiger partial charge is 0.293 e. The monoisotopic (exact) mass is 296 g/mol. The maximum absolute atomic E-state index is 9.38. The molecule has 106 valence electrons. The van der Waals surface area contributed by atoms with Crippen molar-refractivity contribution in [3.63, 3.8) is 0 Å². The molecule has 0 amide bonds. The number of nitriles is 1. The third-order valence-electron chi connectivity index (χ3n) is 3.99. The van der Waals surface area contributed by atoms with Crippen molar-refractivity contribution in [3.05, 3.63) is 70.7 Å². The number of rotatable bonds is 5. The smallest absolute Gasteiger partial charge is 0.0728 e.